The molecule has 0 aromatic heterocycles. The van der Waals surface area contributed by atoms with Crippen LogP contribution in [0.1, 0.15) is 25.8 Å². The van der Waals surface area contributed by atoms with Crippen molar-refractivity contribution in [1.29, 1.82) is 0 Å². The van der Waals surface area contributed by atoms with Gasteiger partial charge in [-0.05, 0) is 30.4 Å². The van der Waals surface area contributed by atoms with Gasteiger partial charge in [-0.15, -0.1) is 0 Å². The largest absolute Gasteiger partial charge is 0.346 e. The Morgan fingerprint density at radius 1 is 1.33 bits per heavy atom. The van der Waals surface area contributed by atoms with Crippen LogP contribution in [-0.4, -0.2) is 30.9 Å². The number of anilines is 1. The Morgan fingerprint density at radius 3 is 2.76 bits per heavy atom. The average molecular weight is 289 g/mol. The third-order valence-corrected chi connectivity index (χ3v) is 3.85. The van der Waals surface area contributed by atoms with E-state index in [2.05, 4.69) is 5.32 Å². The quantitative estimate of drug-likeness (QED) is 0.870. The predicted octanol–water partition coefficient (Wildman–Crippen LogP) is 1.07. The molecule has 1 heterocycles. The number of rotatable bonds is 4. The number of carbonyl (C=O) groups excluding carboxylic acids is 2. The lowest BCUT2D eigenvalue weighted by Gasteiger charge is -2.29. The summed E-state index contributed by atoms with van der Waals surface area (Å²) in [6.45, 7) is 4.45. The van der Waals surface area contributed by atoms with Crippen LogP contribution in [0.5, 0.6) is 0 Å². The number of benzene rings is 1. The highest BCUT2D eigenvalue weighted by Gasteiger charge is 2.23. The molecule has 1 aromatic carbocycles. The number of hydrogen-bond acceptors (Lipinski definition) is 3. The fourth-order valence-electron chi connectivity index (χ4n) is 2.47. The summed E-state index contributed by atoms with van der Waals surface area (Å²) in [6, 6.07) is 7.33. The summed E-state index contributed by atoms with van der Waals surface area (Å²) >= 11 is 0. The molecule has 0 spiro atoms. The summed E-state index contributed by atoms with van der Waals surface area (Å²) < 4.78 is 0. The van der Waals surface area contributed by atoms with E-state index < -0.39 is 6.04 Å². The number of aryl methyl sites for hydroxylation is 1. The highest BCUT2D eigenvalue weighted by atomic mass is 16.2. The first-order chi connectivity index (χ1) is 10.0. The van der Waals surface area contributed by atoms with Crippen LogP contribution in [-0.2, 0) is 16.0 Å². The smallest absolute Gasteiger partial charge is 0.246 e. The van der Waals surface area contributed by atoms with Gasteiger partial charge in [0, 0.05) is 12.2 Å². The van der Waals surface area contributed by atoms with Crippen LogP contribution in [0.2, 0.25) is 0 Å². The Morgan fingerprint density at radius 2 is 2.05 bits per heavy atom. The molecule has 0 saturated carbocycles. The van der Waals surface area contributed by atoms with Crippen molar-refractivity contribution in [2.75, 3.05) is 18.0 Å². The first-order valence-corrected chi connectivity index (χ1v) is 7.42. The second-order valence-electron chi connectivity index (χ2n) is 5.77. The van der Waals surface area contributed by atoms with Crippen LogP contribution in [0, 0.1) is 5.92 Å². The molecular weight excluding hydrogens is 266 g/mol. The van der Waals surface area contributed by atoms with E-state index >= 15 is 0 Å². The van der Waals surface area contributed by atoms with Crippen LogP contribution in [0.3, 0.4) is 0 Å². The van der Waals surface area contributed by atoms with E-state index in [1.165, 1.54) is 5.56 Å². The number of nitrogens with zero attached hydrogens (tertiary/aromatic N) is 1. The van der Waals surface area contributed by atoms with Gasteiger partial charge in [-0.25, -0.2) is 0 Å². The van der Waals surface area contributed by atoms with Crippen molar-refractivity contribution in [3.8, 4) is 0 Å². The molecule has 21 heavy (non-hydrogen) atoms. The topological polar surface area (TPSA) is 75.4 Å². The summed E-state index contributed by atoms with van der Waals surface area (Å²) in [4.78, 5) is 25.9. The summed E-state index contributed by atoms with van der Waals surface area (Å²) in [6.07, 6.45) is 1.94. The van der Waals surface area contributed by atoms with Crippen LogP contribution in [0.4, 0.5) is 5.69 Å². The first-order valence-electron chi connectivity index (χ1n) is 7.42. The molecule has 2 rings (SSSR count). The molecule has 0 bridgehead atoms. The molecule has 0 unspecified atom stereocenters. The number of fused-ring (bicyclic) bond motifs is 1. The lowest BCUT2D eigenvalue weighted by atomic mass is 10.0. The summed E-state index contributed by atoms with van der Waals surface area (Å²) in [7, 11) is 0. The maximum atomic E-state index is 12.3. The van der Waals surface area contributed by atoms with Gasteiger partial charge in [-0.1, -0.05) is 32.0 Å². The second-order valence-corrected chi connectivity index (χ2v) is 5.77. The molecule has 1 aliphatic heterocycles. The van der Waals surface area contributed by atoms with Crippen LogP contribution in [0.25, 0.3) is 0 Å². The van der Waals surface area contributed by atoms with Crippen molar-refractivity contribution >= 4 is 17.5 Å². The molecular formula is C16H23N3O2. The third-order valence-electron chi connectivity index (χ3n) is 3.85. The van der Waals surface area contributed by atoms with Gasteiger partial charge >= 0.3 is 0 Å². The maximum Gasteiger partial charge on any atom is 0.246 e. The fraction of sp³-hybridized carbons (Fsp3) is 0.500. The van der Waals surface area contributed by atoms with Crippen molar-refractivity contribution in [2.45, 2.75) is 32.7 Å². The Hall–Kier alpha value is -1.88. The molecule has 114 valence electrons. The zero-order valence-corrected chi connectivity index (χ0v) is 12.6. The lowest BCUT2D eigenvalue weighted by Crippen LogP contribution is -2.48. The summed E-state index contributed by atoms with van der Waals surface area (Å²) in [5, 5.41) is 2.64. The summed E-state index contributed by atoms with van der Waals surface area (Å²) in [5.74, 6) is -0.314. The predicted molar refractivity (Wildman–Crippen MR) is 82.9 cm³/mol. The fourth-order valence-corrected chi connectivity index (χ4v) is 2.47. The molecule has 1 aromatic rings. The molecule has 5 nitrogen and oxygen atoms in total. The molecule has 2 amide bonds. The van der Waals surface area contributed by atoms with Crippen molar-refractivity contribution in [2.24, 2.45) is 11.7 Å². The number of hydrogen-bond donors (Lipinski definition) is 2. The van der Waals surface area contributed by atoms with E-state index in [1.54, 1.807) is 4.90 Å². The summed E-state index contributed by atoms with van der Waals surface area (Å²) in [5.41, 5.74) is 7.90. The Balaban J connectivity index is 1.98. The van der Waals surface area contributed by atoms with E-state index in [4.69, 9.17) is 5.73 Å². The molecule has 3 N–H and O–H groups in total. The minimum atomic E-state index is -0.577. The zero-order chi connectivity index (χ0) is 15.4. The standard InChI is InChI=1S/C16H23N3O2/c1-11(2)15(17)16(21)18-10-14(20)19-9-5-7-12-6-3-4-8-13(12)19/h3-4,6,8,11,15H,5,7,9-10,17H2,1-2H3,(H,18,21)/t15-/m0/s1. The van der Waals surface area contributed by atoms with Gasteiger partial charge in [0.25, 0.3) is 0 Å². The van der Waals surface area contributed by atoms with Crippen molar-refractivity contribution in [3.63, 3.8) is 0 Å². The van der Waals surface area contributed by atoms with Gasteiger partial charge in [-0.3, -0.25) is 9.59 Å². The van der Waals surface area contributed by atoms with Gasteiger partial charge in [0.1, 0.15) is 0 Å². The highest BCUT2D eigenvalue weighted by molar-refractivity contribution is 5.98. The number of nitrogens with two attached hydrogens (primary N) is 1. The van der Waals surface area contributed by atoms with Gasteiger partial charge in [0.05, 0.1) is 12.6 Å². The number of nitrogens with one attached hydrogen (secondary N) is 1. The molecule has 1 atom stereocenters. The van der Waals surface area contributed by atoms with Crippen LogP contribution < -0.4 is 16.0 Å². The second kappa shape index (κ2) is 6.72. The van der Waals surface area contributed by atoms with Crippen LogP contribution in [0.15, 0.2) is 24.3 Å². The van der Waals surface area contributed by atoms with Gasteiger partial charge in [-0.2, -0.15) is 0 Å². The maximum absolute atomic E-state index is 12.3. The van der Waals surface area contributed by atoms with Gasteiger partial charge in [0.15, 0.2) is 0 Å². The number of para-hydroxylation sites is 1. The van der Waals surface area contributed by atoms with E-state index in [-0.39, 0.29) is 24.3 Å². The van der Waals surface area contributed by atoms with Gasteiger partial charge in [0.2, 0.25) is 11.8 Å². The molecule has 0 fully saturated rings. The first kappa shape index (κ1) is 15.5. The monoisotopic (exact) mass is 289 g/mol. The van der Waals surface area contributed by atoms with E-state index in [9.17, 15) is 9.59 Å². The SMILES string of the molecule is CC(C)[C@H](N)C(=O)NCC(=O)N1CCCc2ccccc21. The molecule has 0 aliphatic carbocycles. The van der Waals surface area contributed by atoms with Crippen molar-refractivity contribution < 1.29 is 9.59 Å². The van der Waals surface area contributed by atoms with E-state index in [0.717, 1.165) is 18.5 Å². The minimum absolute atomic E-state index is 0.00636. The zero-order valence-electron chi connectivity index (χ0n) is 12.6. The van der Waals surface area contributed by atoms with Crippen LogP contribution >= 0.6 is 0 Å². The highest BCUT2D eigenvalue weighted by Crippen LogP contribution is 2.26. The average Bonchev–Trinajstić information content (AvgIpc) is 2.50. The Kier molecular flexibility index (Phi) is 4.96. The normalized spacial score (nSPS) is 15.5. The third kappa shape index (κ3) is 3.61. The Labute approximate surface area is 125 Å². The van der Waals surface area contributed by atoms with E-state index in [0.29, 0.717) is 6.54 Å². The molecule has 1 aliphatic rings. The molecule has 0 saturated heterocycles. The molecule has 0 radical (unpaired) electrons. The minimum Gasteiger partial charge on any atom is -0.346 e. The van der Waals surface area contributed by atoms with Gasteiger partial charge < -0.3 is 16.0 Å². The lowest BCUT2D eigenvalue weighted by molar-refractivity contribution is -0.126. The number of amides is 2. The Bertz CT molecular complexity index is 528. The van der Waals surface area contributed by atoms with Crippen molar-refractivity contribution in [3.05, 3.63) is 29.8 Å². The molecule has 5 heteroatoms. The number of carbonyl (C=O) groups is 2. The van der Waals surface area contributed by atoms with E-state index in [1.807, 2.05) is 38.1 Å². The van der Waals surface area contributed by atoms with Crippen molar-refractivity contribution in [1.82, 2.24) is 5.32 Å².